The number of pyridine rings is 1. The van der Waals surface area contributed by atoms with Crippen molar-refractivity contribution in [1.29, 1.82) is 0 Å². The first kappa shape index (κ1) is 20.4. The van der Waals surface area contributed by atoms with Gasteiger partial charge in [-0.2, -0.15) is 0 Å². The summed E-state index contributed by atoms with van der Waals surface area (Å²) in [6.45, 7) is 2.55. The van der Waals surface area contributed by atoms with Gasteiger partial charge in [0.1, 0.15) is 17.3 Å². The summed E-state index contributed by atoms with van der Waals surface area (Å²) >= 11 is 5.62. The van der Waals surface area contributed by atoms with Crippen molar-refractivity contribution in [2.75, 3.05) is 18.5 Å². The third kappa shape index (κ3) is 4.05. The summed E-state index contributed by atoms with van der Waals surface area (Å²) in [5, 5.41) is 9.12. The number of carbonyl (C=O) groups is 2. The number of nitrogens with one attached hydrogen (secondary N) is 3. The fourth-order valence-corrected chi connectivity index (χ4v) is 4.36. The molecule has 0 radical (unpaired) electrons. The molecule has 3 aliphatic rings. The van der Waals surface area contributed by atoms with Crippen LogP contribution in [0.3, 0.4) is 0 Å². The molecule has 3 N–H and O–H groups in total. The Bertz CT molecular complexity index is 963. The highest BCUT2D eigenvalue weighted by Gasteiger charge is 2.69. The van der Waals surface area contributed by atoms with E-state index in [9.17, 15) is 14.0 Å². The highest BCUT2D eigenvalue weighted by atomic mass is 35.5. The van der Waals surface area contributed by atoms with Gasteiger partial charge in [-0.15, -0.1) is 0 Å². The summed E-state index contributed by atoms with van der Waals surface area (Å²) in [5.74, 6) is -0.866. The van der Waals surface area contributed by atoms with E-state index in [0.29, 0.717) is 25.0 Å². The van der Waals surface area contributed by atoms with Crippen LogP contribution in [0.4, 0.5) is 10.1 Å². The summed E-state index contributed by atoms with van der Waals surface area (Å²) in [5.41, 5.74) is 0.640. The van der Waals surface area contributed by atoms with Gasteiger partial charge in [-0.1, -0.05) is 11.6 Å². The molecular weight excluding hydrogens is 411 g/mol. The van der Waals surface area contributed by atoms with Crippen LogP contribution >= 0.6 is 11.6 Å². The quantitative estimate of drug-likeness (QED) is 0.596. The van der Waals surface area contributed by atoms with Crippen molar-refractivity contribution in [3.05, 3.63) is 53.1 Å². The molecule has 0 aliphatic heterocycles. The minimum Gasteiger partial charge on any atom is -0.484 e. The summed E-state index contributed by atoms with van der Waals surface area (Å²) in [6, 6.07) is 7.53. The Balaban J connectivity index is 1.22. The topological polar surface area (TPSA) is 92.4 Å². The number of hydrogen-bond donors (Lipinski definition) is 3. The first-order valence-corrected chi connectivity index (χ1v) is 10.1. The summed E-state index contributed by atoms with van der Waals surface area (Å²) < 4.78 is 18.7. The zero-order valence-electron chi connectivity index (χ0n) is 16.4. The van der Waals surface area contributed by atoms with Crippen LogP contribution in [0.25, 0.3) is 0 Å². The molecule has 0 spiro atoms. The predicted molar refractivity (Wildman–Crippen MR) is 110 cm³/mol. The first-order valence-electron chi connectivity index (χ1n) is 9.73. The van der Waals surface area contributed by atoms with E-state index >= 15 is 0 Å². The van der Waals surface area contributed by atoms with Crippen molar-refractivity contribution < 1.29 is 18.7 Å². The molecule has 0 atom stereocenters. The molecule has 0 saturated heterocycles. The average molecular weight is 433 g/mol. The van der Waals surface area contributed by atoms with E-state index < -0.39 is 5.82 Å². The predicted octanol–water partition coefficient (Wildman–Crippen LogP) is 2.91. The van der Waals surface area contributed by atoms with Gasteiger partial charge in [-0.05, 0) is 50.5 Å². The third-order valence-corrected chi connectivity index (χ3v) is 5.76. The van der Waals surface area contributed by atoms with Gasteiger partial charge >= 0.3 is 0 Å². The van der Waals surface area contributed by atoms with Gasteiger partial charge in [0.2, 0.25) is 0 Å². The van der Waals surface area contributed by atoms with Crippen molar-refractivity contribution in [3.63, 3.8) is 0 Å². The number of aromatic nitrogens is 1. The van der Waals surface area contributed by atoms with Gasteiger partial charge in [0.15, 0.2) is 6.61 Å². The molecule has 158 valence electrons. The molecule has 1 aromatic carbocycles. The standard InChI is InChI=1S/C21H22ClFN4O3/c1-2-24-13-3-6-17(25-8-13)19(29)27-21-10-20(11-21,12-21)26-18(28)9-30-14-4-5-15(22)16(23)7-14/h3-8,24H,2,9-12H2,1H3,(H,26,28)(H,27,29). The minimum atomic E-state index is -0.600. The zero-order chi connectivity index (χ0) is 21.4. The van der Waals surface area contributed by atoms with E-state index in [2.05, 4.69) is 20.9 Å². The van der Waals surface area contributed by atoms with Gasteiger partial charge in [0.05, 0.1) is 16.9 Å². The maximum Gasteiger partial charge on any atom is 0.270 e. The first-order chi connectivity index (χ1) is 14.3. The molecule has 2 amide bonds. The Kier molecular flexibility index (Phi) is 5.27. The second-order valence-electron chi connectivity index (χ2n) is 7.92. The van der Waals surface area contributed by atoms with Crippen LogP contribution in [0.5, 0.6) is 5.75 Å². The highest BCUT2D eigenvalue weighted by molar-refractivity contribution is 6.30. The highest BCUT2D eigenvalue weighted by Crippen LogP contribution is 2.60. The molecular formula is C21H22ClFN4O3. The van der Waals surface area contributed by atoms with Crippen molar-refractivity contribution in [2.45, 2.75) is 37.3 Å². The Morgan fingerprint density at radius 1 is 1.17 bits per heavy atom. The molecule has 2 bridgehead atoms. The number of rotatable bonds is 8. The maximum absolute atomic E-state index is 13.4. The normalized spacial score (nSPS) is 23.6. The van der Waals surface area contributed by atoms with Crippen LogP contribution in [0.1, 0.15) is 36.7 Å². The third-order valence-electron chi connectivity index (χ3n) is 5.45. The fraction of sp³-hybridized carbons (Fsp3) is 0.381. The van der Waals surface area contributed by atoms with E-state index in [-0.39, 0.29) is 40.3 Å². The van der Waals surface area contributed by atoms with E-state index in [1.54, 1.807) is 12.3 Å². The summed E-state index contributed by atoms with van der Waals surface area (Å²) in [7, 11) is 0. The number of anilines is 1. The van der Waals surface area contributed by atoms with Crippen LogP contribution in [-0.2, 0) is 4.79 Å². The van der Waals surface area contributed by atoms with Crippen molar-refractivity contribution in [2.24, 2.45) is 0 Å². The van der Waals surface area contributed by atoms with Gasteiger partial charge in [0, 0.05) is 23.7 Å². The second-order valence-corrected chi connectivity index (χ2v) is 8.33. The molecule has 1 aromatic heterocycles. The number of hydrogen-bond acceptors (Lipinski definition) is 5. The summed E-state index contributed by atoms with van der Waals surface area (Å²) in [6.07, 6.45) is 3.64. The Hall–Kier alpha value is -2.87. The fourth-order valence-electron chi connectivity index (χ4n) is 4.24. The Morgan fingerprint density at radius 2 is 1.90 bits per heavy atom. The largest absolute Gasteiger partial charge is 0.484 e. The minimum absolute atomic E-state index is 0.00298. The number of halogens is 2. The van der Waals surface area contributed by atoms with Crippen molar-refractivity contribution >= 4 is 29.1 Å². The van der Waals surface area contributed by atoms with Crippen LogP contribution in [0.2, 0.25) is 5.02 Å². The van der Waals surface area contributed by atoms with E-state index in [4.69, 9.17) is 16.3 Å². The van der Waals surface area contributed by atoms with Gasteiger partial charge in [-0.3, -0.25) is 9.59 Å². The molecule has 30 heavy (non-hydrogen) atoms. The van der Waals surface area contributed by atoms with Crippen LogP contribution in [0, 0.1) is 5.82 Å². The Labute approximate surface area is 178 Å². The molecule has 9 heteroatoms. The van der Waals surface area contributed by atoms with E-state index in [1.807, 2.05) is 13.0 Å². The monoisotopic (exact) mass is 432 g/mol. The molecule has 3 saturated carbocycles. The lowest BCUT2D eigenvalue weighted by atomic mass is 9.44. The number of ether oxygens (including phenoxy) is 1. The van der Waals surface area contributed by atoms with Crippen molar-refractivity contribution in [3.8, 4) is 5.75 Å². The van der Waals surface area contributed by atoms with E-state index in [1.165, 1.54) is 12.1 Å². The average Bonchev–Trinajstić information content (AvgIpc) is 2.67. The molecule has 5 rings (SSSR count). The number of carbonyl (C=O) groups excluding carboxylic acids is 2. The lowest BCUT2D eigenvalue weighted by molar-refractivity contribution is -0.141. The van der Waals surface area contributed by atoms with Crippen LogP contribution < -0.4 is 20.7 Å². The molecule has 0 unspecified atom stereocenters. The molecule has 7 nitrogen and oxygen atoms in total. The lowest BCUT2D eigenvalue weighted by Crippen LogP contribution is -2.84. The van der Waals surface area contributed by atoms with E-state index in [0.717, 1.165) is 18.3 Å². The molecule has 3 fully saturated rings. The number of benzene rings is 1. The number of amides is 2. The Morgan fingerprint density at radius 3 is 2.53 bits per heavy atom. The van der Waals surface area contributed by atoms with Crippen molar-refractivity contribution in [1.82, 2.24) is 15.6 Å². The lowest BCUT2D eigenvalue weighted by Gasteiger charge is -2.70. The van der Waals surface area contributed by atoms with Gasteiger partial charge in [-0.25, -0.2) is 9.37 Å². The van der Waals surface area contributed by atoms with Crippen LogP contribution in [-0.4, -0.2) is 41.0 Å². The second kappa shape index (κ2) is 7.75. The molecule has 3 aliphatic carbocycles. The van der Waals surface area contributed by atoms with Gasteiger partial charge < -0.3 is 20.7 Å². The van der Waals surface area contributed by atoms with Gasteiger partial charge in [0.25, 0.3) is 11.8 Å². The molecule has 1 heterocycles. The molecule has 2 aromatic rings. The van der Waals surface area contributed by atoms with Crippen LogP contribution in [0.15, 0.2) is 36.5 Å². The zero-order valence-corrected chi connectivity index (χ0v) is 17.2. The maximum atomic E-state index is 13.4. The SMILES string of the molecule is CCNc1ccc(C(=O)NC23CC(NC(=O)COc4ccc(Cl)c(F)c4)(C2)C3)nc1. The number of nitrogens with zero attached hydrogens (tertiary/aromatic N) is 1. The summed E-state index contributed by atoms with van der Waals surface area (Å²) in [4.78, 5) is 28.8. The smallest absolute Gasteiger partial charge is 0.270 e.